The Balaban J connectivity index is 1.31. The van der Waals surface area contributed by atoms with Gasteiger partial charge in [-0.2, -0.15) is 0 Å². The van der Waals surface area contributed by atoms with Crippen LogP contribution >= 0.6 is 11.6 Å². The standard InChI is InChI=1S/C27H28ClN3O2/c28-19-8-5-7-18(14-19)26(32)31-24-11-4-1-6-17(24)15-25(31)27(33)30-13-12-23-21(16-30)20-9-2-3-10-22(20)29-23/h2-3,5,7-10,14,17,24-25,29H,1,4,6,11-13,15-16H2/t17-,24-,25-/m0/s1. The number of carbonyl (C=O) groups is 2. The number of aromatic nitrogens is 1. The molecule has 1 aliphatic carbocycles. The predicted molar refractivity (Wildman–Crippen MR) is 129 cm³/mol. The molecule has 0 spiro atoms. The first kappa shape index (κ1) is 20.8. The van der Waals surface area contributed by atoms with Gasteiger partial charge in [0.2, 0.25) is 5.91 Å². The van der Waals surface area contributed by atoms with Gasteiger partial charge in [-0.15, -0.1) is 0 Å². The summed E-state index contributed by atoms with van der Waals surface area (Å²) in [5, 5.41) is 1.74. The highest BCUT2D eigenvalue weighted by Gasteiger charge is 2.48. The van der Waals surface area contributed by atoms with E-state index in [1.54, 1.807) is 12.1 Å². The van der Waals surface area contributed by atoms with E-state index in [2.05, 4.69) is 17.1 Å². The van der Waals surface area contributed by atoms with Gasteiger partial charge in [0.25, 0.3) is 5.91 Å². The molecule has 3 aliphatic rings. The van der Waals surface area contributed by atoms with Gasteiger partial charge in [0.05, 0.1) is 0 Å². The molecule has 5 nitrogen and oxygen atoms in total. The van der Waals surface area contributed by atoms with Crippen LogP contribution in [0.1, 0.15) is 53.7 Å². The second-order valence-electron chi connectivity index (χ2n) is 9.72. The highest BCUT2D eigenvalue weighted by molar-refractivity contribution is 6.31. The van der Waals surface area contributed by atoms with Gasteiger partial charge < -0.3 is 14.8 Å². The maximum Gasteiger partial charge on any atom is 0.254 e. The van der Waals surface area contributed by atoms with Crippen molar-refractivity contribution >= 4 is 34.3 Å². The number of halogens is 1. The minimum absolute atomic E-state index is 0.0601. The fourth-order valence-corrected chi connectivity index (χ4v) is 6.50. The van der Waals surface area contributed by atoms with Crippen molar-refractivity contribution in [3.8, 4) is 0 Å². The molecule has 6 heteroatoms. The van der Waals surface area contributed by atoms with Crippen molar-refractivity contribution in [3.05, 3.63) is 70.4 Å². The van der Waals surface area contributed by atoms with E-state index in [9.17, 15) is 9.59 Å². The predicted octanol–water partition coefficient (Wildman–Crippen LogP) is 5.18. The van der Waals surface area contributed by atoms with Crippen LogP contribution in [0.4, 0.5) is 0 Å². The zero-order valence-corrected chi connectivity index (χ0v) is 19.4. The fraction of sp³-hybridized carbons (Fsp3) is 0.407. The molecular weight excluding hydrogens is 434 g/mol. The Morgan fingerprint density at radius 3 is 2.76 bits per heavy atom. The monoisotopic (exact) mass is 461 g/mol. The van der Waals surface area contributed by atoms with E-state index in [0.29, 0.717) is 29.6 Å². The smallest absolute Gasteiger partial charge is 0.254 e. The molecule has 3 heterocycles. The molecule has 170 valence electrons. The number of hydrogen-bond donors (Lipinski definition) is 1. The van der Waals surface area contributed by atoms with Gasteiger partial charge >= 0.3 is 0 Å². The van der Waals surface area contributed by atoms with Crippen LogP contribution in [0, 0.1) is 5.92 Å². The first-order chi connectivity index (χ1) is 16.1. The number of benzene rings is 2. The average Bonchev–Trinajstić information content (AvgIpc) is 3.41. The van der Waals surface area contributed by atoms with E-state index in [1.807, 2.05) is 34.1 Å². The maximum absolute atomic E-state index is 13.9. The zero-order chi connectivity index (χ0) is 22.5. The lowest BCUT2D eigenvalue weighted by Crippen LogP contribution is -2.51. The molecule has 3 aromatic rings. The normalized spacial score (nSPS) is 24.6. The summed E-state index contributed by atoms with van der Waals surface area (Å²) >= 11 is 6.19. The summed E-state index contributed by atoms with van der Waals surface area (Å²) in [7, 11) is 0. The first-order valence-electron chi connectivity index (χ1n) is 12.1. The van der Waals surface area contributed by atoms with E-state index >= 15 is 0 Å². The van der Waals surface area contributed by atoms with Crippen molar-refractivity contribution < 1.29 is 9.59 Å². The lowest BCUT2D eigenvalue weighted by atomic mass is 9.84. The molecule has 2 fully saturated rings. The van der Waals surface area contributed by atoms with E-state index in [4.69, 9.17) is 11.6 Å². The molecule has 1 aromatic heterocycles. The second-order valence-corrected chi connectivity index (χ2v) is 10.2. The van der Waals surface area contributed by atoms with Gasteiger partial charge in [-0.3, -0.25) is 9.59 Å². The van der Waals surface area contributed by atoms with Crippen LogP contribution in [0.3, 0.4) is 0 Å². The van der Waals surface area contributed by atoms with Crippen LogP contribution in [0.25, 0.3) is 10.9 Å². The summed E-state index contributed by atoms with van der Waals surface area (Å²) in [6.07, 6.45) is 5.96. The van der Waals surface area contributed by atoms with Crippen molar-refractivity contribution in [2.45, 2.75) is 57.2 Å². The minimum Gasteiger partial charge on any atom is -0.358 e. The van der Waals surface area contributed by atoms with Crippen molar-refractivity contribution in [2.75, 3.05) is 6.54 Å². The first-order valence-corrected chi connectivity index (χ1v) is 12.4. The largest absolute Gasteiger partial charge is 0.358 e. The quantitative estimate of drug-likeness (QED) is 0.571. The Morgan fingerprint density at radius 2 is 1.88 bits per heavy atom. The summed E-state index contributed by atoms with van der Waals surface area (Å²) in [6, 6.07) is 15.2. The van der Waals surface area contributed by atoms with Crippen LogP contribution in [0.15, 0.2) is 48.5 Å². The third-order valence-electron chi connectivity index (χ3n) is 7.87. The highest BCUT2D eigenvalue weighted by atomic mass is 35.5. The fourth-order valence-electron chi connectivity index (χ4n) is 6.31. The van der Waals surface area contributed by atoms with Gasteiger partial charge in [-0.25, -0.2) is 0 Å². The number of rotatable bonds is 2. The molecule has 1 N–H and O–H groups in total. The van der Waals surface area contributed by atoms with Gasteiger partial charge in [0.1, 0.15) is 6.04 Å². The van der Waals surface area contributed by atoms with Crippen LogP contribution < -0.4 is 0 Å². The Bertz CT molecular complexity index is 1240. The Morgan fingerprint density at radius 1 is 1.03 bits per heavy atom. The summed E-state index contributed by atoms with van der Waals surface area (Å²) in [5.41, 5.74) is 4.14. The third-order valence-corrected chi connectivity index (χ3v) is 8.11. The van der Waals surface area contributed by atoms with Gasteiger partial charge in [-0.1, -0.05) is 48.7 Å². The lowest BCUT2D eigenvalue weighted by Gasteiger charge is -2.36. The van der Waals surface area contributed by atoms with Crippen LogP contribution in [0.2, 0.25) is 5.02 Å². The van der Waals surface area contributed by atoms with Crippen LogP contribution in [-0.2, 0) is 17.8 Å². The molecule has 2 amide bonds. The van der Waals surface area contributed by atoms with Crippen molar-refractivity contribution in [3.63, 3.8) is 0 Å². The van der Waals surface area contributed by atoms with Crippen LogP contribution in [0.5, 0.6) is 0 Å². The van der Waals surface area contributed by atoms with Crippen LogP contribution in [-0.4, -0.2) is 45.2 Å². The van der Waals surface area contributed by atoms with E-state index in [-0.39, 0.29) is 17.9 Å². The van der Waals surface area contributed by atoms with E-state index in [1.165, 1.54) is 23.1 Å². The molecule has 3 atom stereocenters. The number of nitrogens with zero attached hydrogens (tertiary/aromatic N) is 2. The summed E-state index contributed by atoms with van der Waals surface area (Å²) in [5.74, 6) is 0.440. The molecule has 6 rings (SSSR count). The molecule has 2 aromatic carbocycles. The number of amides is 2. The van der Waals surface area contributed by atoms with Crippen molar-refractivity contribution in [1.82, 2.24) is 14.8 Å². The van der Waals surface area contributed by atoms with Gasteiger partial charge in [0.15, 0.2) is 0 Å². The zero-order valence-electron chi connectivity index (χ0n) is 18.6. The molecular formula is C27H28ClN3O2. The Kier molecular flexibility index (Phi) is 5.17. The topological polar surface area (TPSA) is 56.4 Å². The number of hydrogen-bond acceptors (Lipinski definition) is 2. The lowest BCUT2D eigenvalue weighted by molar-refractivity contribution is -0.136. The summed E-state index contributed by atoms with van der Waals surface area (Å²) < 4.78 is 0. The van der Waals surface area contributed by atoms with Gasteiger partial charge in [0, 0.05) is 58.3 Å². The van der Waals surface area contributed by atoms with Crippen molar-refractivity contribution in [2.24, 2.45) is 5.92 Å². The minimum atomic E-state index is -0.392. The number of fused-ring (bicyclic) bond motifs is 4. The maximum atomic E-state index is 13.9. The number of carbonyl (C=O) groups excluding carboxylic acids is 2. The van der Waals surface area contributed by atoms with E-state index in [0.717, 1.165) is 37.6 Å². The number of para-hydroxylation sites is 1. The molecule has 1 saturated carbocycles. The van der Waals surface area contributed by atoms with Crippen molar-refractivity contribution in [1.29, 1.82) is 0 Å². The summed E-state index contributed by atoms with van der Waals surface area (Å²) in [6.45, 7) is 1.28. The molecule has 1 saturated heterocycles. The van der Waals surface area contributed by atoms with Gasteiger partial charge in [-0.05, 0) is 49.4 Å². The Labute approximate surface area is 198 Å². The number of H-pyrrole nitrogens is 1. The SMILES string of the molecule is O=C([C@@H]1C[C@@H]2CCCC[C@@H]2N1C(=O)c1cccc(Cl)c1)N1CCc2[nH]c3ccccc3c2C1. The molecule has 0 bridgehead atoms. The number of likely N-dealkylation sites (tertiary alicyclic amines) is 1. The second kappa shape index (κ2) is 8.21. The molecule has 0 radical (unpaired) electrons. The molecule has 0 unspecified atom stereocenters. The highest BCUT2D eigenvalue weighted by Crippen LogP contribution is 2.41. The molecule has 2 aliphatic heterocycles. The Hall–Kier alpha value is -2.79. The molecule has 33 heavy (non-hydrogen) atoms. The van der Waals surface area contributed by atoms with E-state index < -0.39 is 6.04 Å². The average molecular weight is 462 g/mol. The third kappa shape index (κ3) is 3.54. The summed E-state index contributed by atoms with van der Waals surface area (Å²) in [4.78, 5) is 35.0. The number of nitrogens with one attached hydrogen (secondary N) is 1. The number of aromatic amines is 1.